The summed E-state index contributed by atoms with van der Waals surface area (Å²) in [5.41, 5.74) is 10.4. The second kappa shape index (κ2) is 21.8. The molecular formula is C32H46N4. The summed E-state index contributed by atoms with van der Waals surface area (Å²) in [7, 11) is 1.89. The summed E-state index contributed by atoms with van der Waals surface area (Å²) in [4.78, 5) is 4.71. The molecule has 4 N–H and O–H groups in total. The number of aliphatic imine (C=N–C) groups is 1. The normalized spacial score (nSPS) is 11.7. The molecule has 0 radical (unpaired) electrons. The van der Waals surface area contributed by atoms with Gasteiger partial charge in [0.15, 0.2) is 0 Å². The number of terminal acetylenes is 1. The minimum Gasteiger partial charge on any atom is -0.388 e. The number of nitrogens with zero attached hydrogens (tertiary/aromatic N) is 1. The summed E-state index contributed by atoms with van der Waals surface area (Å²) in [5.74, 6) is 0.549. The Kier molecular flexibility index (Phi) is 19.6. The number of amidine groups is 1. The zero-order valence-electron chi connectivity index (χ0n) is 22.9. The third-order valence-corrected chi connectivity index (χ3v) is 4.80. The Morgan fingerprint density at radius 1 is 0.833 bits per heavy atom. The molecule has 0 spiro atoms. The van der Waals surface area contributed by atoms with Crippen molar-refractivity contribution in [2.24, 2.45) is 10.7 Å². The third kappa shape index (κ3) is 13.9. The van der Waals surface area contributed by atoms with Crippen LogP contribution in [0.15, 0.2) is 89.9 Å². The summed E-state index contributed by atoms with van der Waals surface area (Å²) in [5, 5.41) is 6.61. The van der Waals surface area contributed by atoms with E-state index in [4.69, 9.17) is 10.7 Å². The molecule has 1 saturated carbocycles. The molecule has 1 atom stereocenters. The van der Waals surface area contributed by atoms with Gasteiger partial charge < -0.3 is 16.4 Å². The summed E-state index contributed by atoms with van der Waals surface area (Å²) < 4.78 is 0. The average molecular weight is 487 g/mol. The molecule has 36 heavy (non-hydrogen) atoms. The molecule has 3 aromatic carbocycles. The summed E-state index contributed by atoms with van der Waals surface area (Å²) >= 11 is 0. The van der Waals surface area contributed by atoms with E-state index in [9.17, 15) is 0 Å². The van der Waals surface area contributed by atoms with Gasteiger partial charge in [0.05, 0.1) is 6.04 Å². The fourth-order valence-corrected chi connectivity index (χ4v) is 2.94. The van der Waals surface area contributed by atoms with Gasteiger partial charge in [0.1, 0.15) is 5.84 Å². The third-order valence-electron chi connectivity index (χ3n) is 4.80. The molecule has 3 aromatic rings. The maximum atomic E-state index is 6.25. The fourth-order valence-electron chi connectivity index (χ4n) is 2.94. The number of para-hydroxylation sites is 2. The van der Waals surface area contributed by atoms with Crippen molar-refractivity contribution in [2.45, 2.75) is 59.4 Å². The zero-order chi connectivity index (χ0) is 27.0. The van der Waals surface area contributed by atoms with Crippen molar-refractivity contribution < 1.29 is 0 Å². The monoisotopic (exact) mass is 486 g/mol. The van der Waals surface area contributed by atoms with Crippen LogP contribution in [0.5, 0.6) is 0 Å². The predicted molar refractivity (Wildman–Crippen MR) is 162 cm³/mol. The Balaban J connectivity index is 0.000000769. The molecule has 0 aromatic heterocycles. The molecule has 0 heterocycles. The molecule has 4 nitrogen and oxygen atoms in total. The first-order valence-electron chi connectivity index (χ1n) is 12.9. The Morgan fingerprint density at radius 2 is 1.31 bits per heavy atom. The van der Waals surface area contributed by atoms with Crippen LogP contribution in [0.1, 0.15) is 70.5 Å². The molecule has 0 bridgehead atoms. The van der Waals surface area contributed by atoms with E-state index in [1.165, 1.54) is 19.3 Å². The van der Waals surface area contributed by atoms with Gasteiger partial charge in [0.25, 0.3) is 0 Å². The van der Waals surface area contributed by atoms with Crippen molar-refractivity contribution in [1.29, 1.82) is 0 Å². The molecule has 4 rings (SSSR count). The van der Waals surface area contributed by atoms with Crippen molar-refractivity contribution in [3.05, 3.63) is 96.1 Å². The minimum absolute atomic E-state index is 0.0135. The number of hydrogen-bond donors (Lipinski definition) is 3. The number of rotatable bonds is 7. The highest BCUT2D eigenvalue weighted by Gasteiger charge is 2.11. The molecule has 0 saturated heterocycles. The summed E-state index contributed by atoms with van der Waals surface area (Å²) in [6.07, 6.45) is 13.6. The lowest BCUT2D eigenvalue weighted by Gasteiger charge is -2.16. The first-order valence-corrected chi connectivity index (χ1v) is 12.9. The lowest BCUT2D eigenvalue weighted by atomic mass is 10.1. The molecule has 0 amide bonds. The second-order valence-corrected chi connectivity index (χ2v) is 7.72. The van der Waals surface area contributed by atoms with Crippen LogP contribution in [-0.2, 0) is 0 Å². The van der Waals surface area contributed by atoms with E-state index >= 15 is 0 Å². The van der Waals surface area contributed by atoms with Crippen LogP contribution in [0.25, 0.3) is 0 Å². The van der Waals surface area contributed by atoms with Crippen LogP contribution in [0.4, 0.5) is 11.4 Å². The van der Waals surface area contributed by atoms with Gasteiger partial charge in [-0.2, -0.15) is 0 Å². The van der Waals surface area contributed by atoms with Crippen LogP contribution in [0, 0.1) is 12.8 Å². The van der Waals surface area contributed by atoms with E-state index < -0.39 is 0 Å². The molecule has 194 valence electrons. The maximum absolute atomic E-state index is 6.25. The van der Waals surface area contributed by atoms with Gasteiger partial charge in [-0.25, -0.2) is 0 Å². The minimum atomic E-state index is -0.0135. The van der Waals surface area contributed by atoms with Crippen molar-refractivity contribution in [2.75, 3.05) is 24.2 Å². The maximum Gasteiger partial charge on any atom is 0.128 e. The topological polar surface area (TPSA) is 62.4 Å². The Labute approximate surface area is 220 Å². The number of anilines is 2. The lowest BCUT2D eigenvalue weighted by Crippen LogP contribution is -2.17. The van der Waals surface area contributed by atoms with Crippen LogP contribution < -0.4 is 16.4 Å². The Bertz CT molecular complexity index is 932. The fraction of sp³-hybridized carbons (Fsp3) is 0.344. The van der Waals surface area contributed by atoms with E-state index in [2.05, 4.69) is 49.5 Å². The van der Waals surface area contributed by atoms with Gasteiger partial charge in [-0.3, -0.25) is 4.99 Å². The van der Waals surface area contributed by atoms with Gasteiger partial charge in [0, 0.05) is 30.5 Å². The smallest absolute Gasteiger partial charge is 0.128 e. The van der Waals surface area contributed by atoms with E-state index in [1.807, 2.05) is 93.7 Å². The molecule has 0 aliphatic heterocycles. The van der Waals surface area contributed by atoms with E-state index in [0.29, 0.717) is 5.84 Å². The zero-order valence-corrected chi connectivity index (χ0v) is 22.9. The highest BCUT2D eigenvalue weighted by molar-refractivity contribution is 6.02. The van der Waals surface area contributed by atoms with Crippen molar-refractivity contribution >= 4 is 17.2 Å². The second-order valence-electron chi connectivity index (χ2n) is 7.72. The lowest BCUT2D eigenvalue weighted by molar-refractivity contribution is 0.817. The average Bonchev–Trinajstić information content (AvgIpc) is 3.85. The van der Waals surface area contributed by atoms with E-state index in [0.717, 1.165) is 35.5 Å². The predicted octanol–water partition coefficient (Wildman–Crippen LogP) is 8.15. The van der Waals surface area contributed by atoms with Gasteiger partial charge in [-0.1, -0.05) is 107 Å². The molecule has 1 aliphatic rings. The van der Waals surface area contributed by atoms with Crippen LogP contribution in [-0.4, -0.2) is 19.4 Å². The molecule has 1 aliphatic carbocycles. The molecule has 1 unspecified atom stereocenters. The van der Waals surface area contributed by atoms with Crippen molar-refractivity contribution in [3.8, 4) is 12.8 Å². The van der Waals surface area contributed by atoms with Crippen LogP contribution in [0.3, 0.4) is 0 Å². The molecule has 1 fully saturated rings. The van der Waals surface area contributed by atoms with Gasteiger partial charge >= 0.3 is 0 Å². The molecular weight excluding hydrogens is 440 g/mol. The number of nitrogens with one attached hydrogen (secondary N) is 2. The largest absolute Gasteiger partial charge is 0.388 e. The van der Waals surface area contributed by atoms with Crippen LogP contribution in [0.2, 0.25) is 0 Å². The van der Waals surface area contributed by atoms with Crippen molar-refractivity contribution in [1.82, 2.24) is 0 Å². The number of benzene rings is 3. The first-order chi connectivity index (χ1) is 17.7. The number of hydrogen-bond acceptors (Lipinski definition) is 3. The van der Waals surface area contributed by atoms with Gasteiger partial charge in [0.2, 0.25) is 0 Å². The Hall–Kier alpha value is -3.71. The van der Waals surface area contributed by atoms with Gasteiger partial charge in [-0.15, -0.1) is 12.8 Å². The quantitative estimate of drug-likeness (QED) is 0.179. The van der Waals surface area contributed by atoms with E-state index in [-0.39, 0.29) is 6.04 Å². The highest BCUT2D eigenvalue weighted by atomic mass is 14.9. The summed E-state index contributed by atoms with van der Waals surface area (Å²) in [6.45, 7) is 9.18. The standard InChI is InChI=1S/C19H26N4.C6H6.C3H6.C2H6.C2H2/c1-4-13-22-18-12-8-5-9-15(18)14(2)23-19(20)16-10-6-7-11-17(16)21-3;1-2-4-6-5-3-1;1-2-3-1;2*1-2/h5-12,14,21-22H,4,13H2,1-3H3,(H2,20,23);1-6H;1-3H2;1-2H3;1-2H. The first kappa shape index (κ1) is 32.3. The molecule has 4 heteroatoms. The van der Waals surface area contributed by atoms with Crippen LogP contribution >= 0.6 is 0 Å². The Morgan fingerprint density at radius 3 is 1.78 bits per heavy atom. The van der Waals surface area contributed by atoms with Crippen molar-refractivity contribution in [3.63, 3.8) is 0 Å². The summed E-state index contributed by atoms with van der Waals surface area (Å²) in [6, 6.07) is 28.2. The SMILES string of the molecule is C#C.C1CC1.CC.CCCNc1ccccc1C(C)N=C(N)c1ccccc1NC.c1ccccc1. The highest BCUT2D eigenvalue weighted by Crippen LogP contribution is 2.26. The van der Waals surface area contributed by atoms with E-state index in [1.54, 1.807) is 0 Å². The number of nitrogens with two attached hydrogens (primary N) is 1. The van der Waals surface area contributed by atoms with Gasteiger partial charge in [-0.05, 0) is 37.1 Å².